The highest BCUT2D eigenvalue weighted by Crippen LogP contribution is 2.35. The van der Waals surface area contributed by atoms with Crippen LogP contribution < -0.4 is 5.32 Å². The maximum atomic E-state index is 3.93. The predicted molar refractivity (Wildman–Crippen MR) is 70.6 cm³/mol. The van der Waals surface area contributed by atoms with Crippen LogP contribution in [-0.4, -0.2) is 12.1 Å². The van der Waals surface area contributed by atoms with E-state index in [1.165, 1.54) is 51.4 Å². The van der Waals surface area contributed by atoms with Crippen molar-refractivity contribution in [1.29, 1.82) is 0 Å². The summed E-state index contributed by atoms with van der Waals surface area (Å²) in [4.78, 5) is 0. The molecule has 1 nitrogen and oxygen atoms in total. The van der Waals surface area contributed by atoms with Gasteiger partial charge in [-0.2, -0.15) is 0 Å². The molecule has 0 bridgehead atoms. The van der Waals surface area contributed by atoms with Crippen LogP contribution in [0.2, 0.25) is 0 Å². The highest BCUT2D eigenvalue weighted by molar-refractivity contribution is 4.85. The molecule has 0 aromatic rings. The molecule has 0 amide bonds. The standard InChI is InChI=1S/C15H29N/c1-12-5-4-6-14(11-12)16-13-7-9-15(2,3)10-8-13/h12-14,16H,4-11H2,1-3H3. The fraction of sp³-hybridized carbons (Fsp3) is 1.00. The average molecular weight is 223 g/mol. The Morgan fingerprint density at radius 1 is 0.938 bits per heavy atom. The fourth-order valence-electron chi connectivity index (χ4n) is 3.48. The molecule has 0 aromatic carbocycles. The molecule has 0 aliphatic heterocycles. The number of rotatable bonds is 2. The zero-order valence-electron chi connectivity index (χ0n) is 11.4. The Hall–Kier alpha value is -0.0400. The van der Waals surface area contributed by atoms with Crippen LogP contribution in [0.15, 0.2) is 0 Å². The molecular formula is C15H29N. The summed E-state index contributed by atoms with van der Waals surface area (Å²) in [5.41, 5.74) is 0.609. The van der Waals surface area contributed by atoms with Gasteiger partial charge >= 0.3 is 0 Å². The topological polar surface area (TPSA) is 12.0 Å². The molecular weight excluding hydrogens is 194 g/mol. The third-order valence-corrected chi connectivity index (χ3v) is 4.75. The van der Waals surface area contributed by atoms with Crippen molar-refractivity contribution in [3.05, 3.63) is 0 Å². The van der Waals surface area contributed by atoms with Gasteiger partial charge in [-0.3, -0.25) is 0 Å². The summed E-state index contributed by atoms with van der Waals surface area (Å²) in [5.74, 6) is 0.950. The fourth-order valence-corrected chi connectivity index (χ4v) is 3.48. The van der Waals surface area contributed by atoms with E-state index in [0.717, 1.165) is 18.0 Å². The third-order valence-electron chi connectivity index (χ3n) is 4.75. The van der Waals surface area contributed by atoms with Crippen molar-refractivity contribution in [1.82, 2.24) is 5.32 Å². The van der Waals surface area contributed by atoms with Crippen molar-refractivity contribution < 1.29 is 0 Å². The minimum Gasteiger partial charge on any atom is -0.311 e. The maximum Gasteiger partial charge on any atom is 0.00721 e. The summed E-state index contributed by atoms with van der Waals surface area (Å²) in [7, 11) is 0. The maximum absolute atomic E-state index is 3.93. The van der Waals surface area contributed by atoms with E-state index in [1.807, 2.05) is 0 Å². The molecule has 0 aromatic heterocycles. The van der Waals surface area contributed by atoms with Gasteiger partial charge in [0.05, 0.1) is 0 Å². The first-order chi connectivity index (χ1) is 7.55. The summed E-state index contributed by atoms with van der Waals surface area (Å²) in [6.45, 7) is 7.26. The van der Waals surface area contributed by atoms with Crippen molar-refractivity contribution in [3.63, 3.8) is 0 Å². The molecule has 2 aliphatic rings. The van der Waals surface area contributed by atoms with Gasteiger partial charge in [-0.1, -0.05) is 33.6 Å². The smallest absolute Gasteiger partial charge is 0.00721 e. The Kier molecular flexibility index (Phi) is 3.94. The molecule has 1 heteroatoms. The summed E-state index contributed by atoms with van der Waals surface area (Å²) in [6, 6.07) is 1.65. The second kappa shape index (κ2) is 5.08. The van der Waals surface area contributed by atoms with E-state index in [1.54, 1.807) is 0 Å². The SMILES string of the molecule is CC1CCCC(NC2CCC(C)(C)CC2)C1. The highest BCUT2D eigenvalue weighted by atomic mass is 15.0. The summed E-state index contributed by atoms with van der Waals surface area (Å²) in [5, 5.41) is 3.93. The second-order valence-corrected chi connectivity index (χ2v) is 7.07. The molecule has 0 radical (unpaired) electrons. The van der Waals surface area contributed by atoms with Crippen LogP contribution in [0.3, 0.4) is 0 Å². The summed E-state index contributed by atoms with van der Waals surface area (Å²) in [6.07, 6.45) is 11.4. The quantitative estimate of drug-likeness (QED) is 0.742. The van der Waals surface area contributed by atoms with Crippen molar-refractivity contribution >= 4 is 0 Å². The van der Waals surface area contributed by atoms with Gasteiger partial charge in [-0.25, -0.2) is 0 Å². The van der Waals surface area contributed by atoms with Crippen LogP contribution in [0.5, 0.6) is 0 Å². The highest BCUT2D eigenvalue weighted by Gasteiger charge is 2.28. The average Bonchev–Trinajstić information content (AvgIpc) is 2.21. The van der Waals surface area contributed by atoms with E-state index >= 15 is 0 Å². The van der Waals surface area contributed by atoms with Crippen LogP contribution in [0.25, 0.3) is 0 Å². The second-order valence-electron chi connectivity index (χ2n) is 7.07. The first-order valence-corrected chi connectivity index (χ1v) is 7.31. The molecule has 94 valence electrons. The van der Waals surface area contributed by atoms with Crippen molar-refractivity contribution in [3.8, 4) is 0 Å². The first-order valence-electron chi connectivity index (χ1n) is 7.31. The molecule has 1 N–H and O–H groups in total. The predicted octanol–water partition coefficient (Wildman–Crippen LogP) is 4.12. The number of hydrogen-bond acceptors (Lipinski definition) is 1. The van der Waals surface area contributed by atoms with Crippen LogP contribution >= 0.6 is 0 Å². The third kappa shape index (κ3) is 3.48. The Morgan fingerprint density at radius 2 is 1.62 bits per heavy atom. The van der Waals surface area contributed by atoms with Crippen LogP contribution in [0, 0.1) is 11.3 Å². The molecule has 2 atom stereocenters. The molecule has 2 rings (SSSR count). The lowest BCUT2D eigenvalue weighted by Gasteiger charge is -2.38. The number of nitrogens with one attached hydrogen (secondary N) is 1. The van der Waals surface area contributed by atoms with Gasteiger partial charge in [-0.05, 0) is 49.9 Å². The lowest BCUT2D eigenvalue weighted by molar-refractivity contribution is 0.182. The monoisotopic (exact) mass is 223 g/mol. The van der Waals surface area contributed by atoms with E-state index in [4.69, 9.17) is 0 Å². The van der Waals surface area contributed by atoms with E-state index in [9.17, 15) is 0 Å². The normalized spacial score (nSPS) is 36.2. The largest absolute Gasteiger partial charge is 0.311 e. The molecule has 2 saturated carbocycles. The van der Waals surface area contributed by atoms with Crippen LogP contribution in [0.1, 0.15) is 72.1 Å². The van der Waals surface area contributed by atoms with Gasteiger partial charge < -0.3 is 5.32 Å². The van der Waals surface area contributed by atoms with Crippen molar-refractivity contribution in [2.24, 2.45) is 11.3 Å². The molecule has 2 aliphatic carbocycles. The van der Waals surface area contributed by atoms with Crippen LogP contribution in [0.4, 0.5) is 0 Å². The van der Waals surface area contributed by atoms with E-state index in [-0.39, 0.29) is 0 Å². The van der Waals surface area contributed by atoms with Crippen molar-refractivity contribution in [2.45, 2.75) is 84.2 Å². The molecule has 0 spiro atoms. The Labute approximate surface area is 101 Å². The molecule has 2 fully saturated rings. The molecule has 0 saturated heterocycles. The Morgan fingerprint density at radius 3 is 2.25 bits per heavy atom. The summed E-state index contributed by atoms with van der Waals surface area (Å²) >= 11 is 0. The van der Waals surface area contributed by atoms with Gasteiger partial charge in [0.15, 0.2) is 0 Å². The van der Waals surface area contributed by atoms with Gasteiger partial charge in [0.1, 0.15) is 0 Å². The first kappa shape index (κ1) is 12.4. The molecule has 0 heterocycles. The van der Waals surface area contributed by atoms with Crippen LogP contribution in [-0.2, 0) is 0 Å². The lowest BCUT2D eigenvalue weighted by atomic mass is 9.75. The Bertz CT molecular complexity index is 211. The van der Waals surface area contributed by atoms with Gasteiger partial charge in [-0.15, -0.1) is 0 Å². The van der Waals surface area contributed by atoms with Gasteiger partial charge in [0.2, 0.25) is 0 Å². The summed E-state index contributed by atoms with van der Waals surface area (Å²) < 4.78 is 0. The van der Waals surface area contributed by atoms with Gasteiger partial charge in [0, 0.05) is 12.1 Å². The van der Waals surface area contributed by atoms with Gasteiger partial charge in [0.25, 0.3) is 0 Å². The zero-order chi connectivity index (χ0) is 11.6. The van der Waals surface area contributed by atoms with E-state index in [0.29, 0.717) is 5.41 Å². The zero-order valence-corrected chi connectivity index (χ0v) is 11.4. The van der Waals surface area contributed by atoms with E-state index < -0.39 is 0 Å². The minimum absolute atomic E-state index is 0.609. The molecule has 2 unspecified atom stereocenters. The van der Waals surface area contributed by atoms with Crippen molar-refractivity contribution in [2.75, 3.05) is 0 Å². The lowest BCUT2D eigenvalue weighted by Crippen LogP contribution is -2.43. The Balaban J connectivity index is 1.74. The van der Waals surface area contributed by atoms with E-state index in [2.05, 4.69) is 26.1 Å². The molecule has 16 heavy (non-hydrogen) atoms. The number of hydrogen-bond donors (Lipinski definition) is 1. The minimum atomic E-state index is 0.609.